The first-order valence-electron chi connectivity index (χ1n) is 11.1. The third-order valence-electron chi connectivity index (χ3n) is 5.28. The van der Waals surface area contributed by atoms with Gasteiger partial charge >= 0.3 is 0 Å². The summed E-state index contributed by atoms with van der Waals surface area (Å²) < 4.78 is 11.1. The van der Waals surface area contributed by atoms with Crippen LogP contribution in [0.5, 0.6) is 11.5 Å². The van der Waals surface area contributed by atoms with E-state index in [0.29, 0.717) is 29.5 Å². The first-order chi connectivity index (χ1) is 16.5. The Morgan fingerprint density at radius 3 is 2.29 bits per heavy atom. The van der Waals surface area contributed by atoms with Crippen molar-refractivity contribution in [2.24, 2.45) is 0 Å². The summed E-state index contributed by atoms with van der Waals surface area (Å²) in [6.45, 7) is 2.28. The zero-order valence-corrected chi connectivity index (χ0v) is 20.1. The smallest absolute Gasteiger partial charge is 0.261 e. The lowest BCUT2D eigenvalue weighted by atomic mass is 10.0. The van der Waals surface area contributed by atoms with Crippen molar-refractivity contribution in [2.45, 2.75) is 25.9 Å². The number of nitrogens with one attached hydrogen (secondary N) is 1. The number of likely N-dealkylation sites (N-methyl/N-ethyl adjacent to an activating group) is 1. The van der Waals surface area contributed by atoms with Crippen molar-refractivity contribution >= 4 is 23.4 Å². The Kier molecular flexibility index (Phi) is 9.35. The van der Waals surface area contributed by atoms with Crippen LogP contribution in [0.15, 0.2) is 78.9 Å². The predicted molar refractivity (Wildman–Crippen MR) is 133 cm³/mol. The number of benzene rings is 3. The van der Waals surface area contributed by atoms with E-state index < -0.39 is 6.04 Å². The maximum atomic E-state index is 13.5. The van der Waals surface area contributed by atoms with Crippen LogP contribution in [0.4, 0.5) is 0 Å². The summed E-state index contributed by atoms with van der Waals surface area (Å²) in [6, 6.07) is 23.3. The fourth-order valence-corrected chi connectivity index (χ4v) is 3.85. The molecule has 1 unspecified atom stereocenters. The van der Waals surface area contributed by atoms with Crippen molar-refractivity contribution in [3.05, 3.63) is 95.0 Å². The van der Waals surface area contributed by atoms with E-state index in [1.54, 1.807) is 42.3 Å². The number of ether oxygens (including phenoxy) is 2. The quantitative estimate of drug-likeness (QED) is 0.438. The van der Waals surface area contributed by atoms with Crippen molar-refractivity contribution in [3.8, 4) is 11.5 Å². The molecule has 0 bridgehead atoms. The molecular weight excluding hydrogens is 452 g/mol. The van der Waals surface area contributed by atoms with Gasteiger partial charge in [-0.1, -0.05) is 66.2 Å². The number of carbonyl (C=O) groups is 2. The molecule has 0 spiro atoms. The van der Waals surface area contributed by atoms with Crippen LogP contribution in [0.25, 0.3) is 0 Å². The van der Waals surface area contributed by atoms with Crippen molar-refractivity contribution in [1.82, 2.24) is 10.2 Å². The highest BCUT2D eigenvalue weighted by Crippen LogP contribution is 2.26. The van der Waals surface area contributed by atoms with E-state index in [2.05, 4.69) is 5.32 Å². The molecule has 0 saturated carbocycles. The molecule has 1 N–H and O–H groups in total. The number of amides is 2. The van der Waals surface area contributed by atoms with Gasteiger partial charge in [0, 0.05) is 24.5 Å². The minimum atomic E-state index is -0.727. The first kappa shape index (κ1) is 25.1. The van der Waals surface area contributed by atoms with Gasteiger partial charge in [-0.05, 0) is 42.3 Å². The van der Waals surface area contributed by atoms with Crippen LogP contribution in [0, 0.1) is 0 Å². The summed E-state index contributed by atoms with van der Waals surface area (Å²) >= 11 is 6.18. The Morgan fingerprint density at radius 1 is 0.941 bits per heavy atom. The van der Waals surface area contributed by atoms with Crippen molar-refractivity contribution < 1.29 is 19.1 Å². The summed E-state index contributed by atoms with van der Waals surface area (Å²) in [5.41, 5.74) is 1.77. The lowest BCUT2D eigenvalue weighted by Crippen LogP contribution is -2.51. The summed E-state index contributed by atoms with van der Waals surface area (Å²) in [4.78, 5) is 28.2. The lowest BCUT2D eigenvalue weighted by Gasteiger charge is -2.31. The largest absolute Gasteiger partial charge is 0.493 e. The molecule has 2 amide bonds. The van der Waals surface area contributed by atoms with Gasteiger partial charge in [0.25, 0.3) is 5.91 Å². The molecule has 0 aromatic heterocycles. The molecule has 7 heteroatoms. The van der Waals surface area contributed by atoms with E-state index in [1.807, 2.05) is 55.5 Å². The second-order valence-corrected chi connectivity index (χ2v) is 8.13. The summed E-state index contributed by atoms with van der Waals surface area (Å²) in [5.74, 6) is 0.442. The van der Waals surface area contributed by atoms with E-state index in [0.717, 1.165) is 11.1 Å². The number of rotatable bonds is 11. The molecule has 0 saturated heterocycles. The number of hydrogen-bond acceptors (Lipinski definition) is 4. The van der Waals surface area contributed by atoms with Gasteiger partial charge in [0.1, 0.15) is 6.04 Å². The van der Waals surface area contributed by atoms with Gasteiger partial charge in [0.15, 0.2) is 18.1 Å². The highest BCUT2D eigenvalue weighted by Gasteiger charge is 2.30. The van der Waals surface area contributed by atoms with Gasteiger partial charge in [-0.3, -0.25) is 9.59 Å². The Hall–Kier alpha value is -3.51. The van der Waals surface area contributed by atoms with Crippen LogP contribution < -0.4 is 14.8 Å². The zero-order chi connectivity index (χ0) is 24.3. The monoisotopic (exact) mass is 480 g/mol. The van der Waals surface area contributed by atoms with E-state index in [9.17, 15) is 9.59 Å². The molecule has 0 aliphatic rings. The minimum absolute atomic E-state index is 0.212. The molecule has 0 aliphatic carbocycles. The average Bonchev–Trinajstić information content (AvgIpc) is 2.85. The molecule has 6 nitrogen and oxygen atoms in total. The summed E-state index contributed by atoms with van der Waals surface area (Å²) in [5, 5.41) is 3.43. The maximum Gasteiger partial charge on any atom is 0.261 e. The molecule has 0 radical (unpaired) electrons. The van der Waals surface area contributed by atoms with Gasteiger partial charge in [0.05, 0.1) is 7.11 Å². The Bertz CT molecular complexity index is 1090. The van der Waals surface area contributed by atoms with Crippen LogP contribution in [-0.2, 0) is 22.6 Å². The predicted octanol–water partition coefficient (Wildman–Crippen LogP) is 4.50. The maximum absolute atomic E-state index is 13.5. The second-order valence-electron chi connectivity index (χ2n) is 7.69. The molecule has 0 heterocycles. The van der Waals surface area contributed by atoms with E-state index in [1.165, 1.54) is 0 Å². The molecular formula is C27H29ClN2O4. The minimum Gasteiger partial charge on any atom is -0.493 e. The molecule has 0 aliphatic heterocycles. The molecule has 1 atom stereocenters. The van der Waals surface area contributed by atoms with Crippen LogP contribution in [0.3, 0.4) is 0 Å². The highest BCUT2D eigenvalue weighted by atomic mass is 35.5. The third kappa shape index (κ3) is 6.99. The molecule has 3 rings (SSSR count). The molecule has 34 heavy (non-hydrogen) atoms. The van der Waals surface area contributed by atoms with Crippen LogP contribution in [0.1, 0.15) is 18.1 Å². The Morgan fingerprint density at radius 2 is 1.62 bits per heavy atom. The van der Waals surface area contributed by atoms with Crippen LogP contribution >= 0.6 is 11.6 Å². The van der Waals surface area contributed by atoms with Crippen molar-refractivity contribution in [1.29, 1.82) is 0 Å². The topological polar surface area (TPSA) is 67.9 Å². The number of hydrogen-bond donors (Lipinski definition) is 1. The van der Waals surface area contributed by atoms with Gasteiger partial charge in [-0.15, -0.1) is 0 Å². The van der Waals surface area contributed by atoms with E-state index in [-0.39, 0.29) is 25.0 Å². The average molecular weight is 481 g/mol. The van der Waals surface area contributed by atoms with Crippen LogP contribution in [-0.4, -0.2) is 43.0 Å². The van der Waals surface area contributed by atoms with Gasteiger partial charge in [-0.2, -0.15) is 0 Å². The molecule has 3 aromatic rings. The SMILES string of the molecule is CCNC(=O)C(Cc1ccccc1)N(Cc1cccc(Cl)c1)C(=O)COc1ccccc1OC. The highest BCUT2D eigenvalue weighted by molar-refractivity contribution is 6.30. The van der Waals surface area contributed by atoms with Crippen LogP contribution in [0.2, 0.25) is 5.02 Å². The first-order valence-corrected chi connectivity index (χ1v) is 11.5. The molecule has 0 fully saturated rings. The second kappa shape index (κ2) is 12.7. The number of methoxy groups -OCH3 is 1. The summed E-state index contributed by atoms with van der Waals surface area (Å²) in [6.07, 6.45) is 0.369. The van der Waals surface area contributed by atoms with Crippen molar-refractivity contribution in [3.63, 3.8) is 0 Å². The number of carbonyl (C=O) groups excluding carboxylic acids is 2. The number of halogens is 1. The zero-order valence-electron chi connectivity index (χ0n) is 19.4. The normalized spacial score (nSPS) is 11.4. The van der Waals surface area contributed by atoms with E-state index >= 15 is 0 Å². The standard InChI is InChI=1S/C27H29ClN2O4/c1-3-29-27(32)23(17-20-10-5-4-6-11-20)30(18-21-12-9-13-22(28)16-21)26(31)19-34-25-15-8-7-14-24(25)33-2/h4-16,23H,3,17-19H2,1-2H3,(H,29,32). The molecule has 178 valence electrons. The van der Waals surface area contributed by atoms with Crippen molar-refractivity contribution in [2.75, 3.05) is 20.3 Å². The Balaban J connectivity index is 1.90. The number of nitrogens with zero attached hydrogens (tertiary/aromatic N) is 1. The van der Waals surface area contributed by atoms with E-state index in [4.69, 9.17) is 21.1 Å². The molecule has 3 aromatic carbocycles. The van der Waals surface area contributed by atoms with Gasteiger partial charge in [-0.25, -0.2) is 0 Å². The fraction of sp³-hybridized carbons (Fsp3) is 0.259. The fourth-order valence-electron chi connectivity index (χ4n) is 3.64. The lowest BCUT2D eigenvalue weighted by molar-refractivity contribution is -0.142. The van der Waals surface area contributed by atoms with Gasteiger partial charge in [0.2, 0.25) is 5.91 Å². The summed E-state index contributed by atoms with van der Waals surface area (Å²) in [7, 11) is 1.54. The van der Waals surface area contributed by atoms with Gasteiger partial charge < -0.3 is 19.7 Å². The Labute approximate surface area is 205 Å². The third-order valence-corrected chi connectivity index (χ3v) is 5.52. The number of para-hydroxylation sites is 2.